The van der Waals surface area contributed by atoms with Crippen LogP contribution in [0.5, 0.6) is 0 Å². The van der Waals surface area contributed by atoms with Crippen molar-refractivity contribution in [3.63, 3.8) is 0 Å². The van der Waals surface area contributed by atoms with Crippen LogP contribution in [0.4, 0.5) is 0 Å². The number of nitrogens with one attached hydrogen (secondary N) is 2. The minimum atomic E-state index is -0.0574. The highest BCUT2D eigenvalue weighted by atomic mass is 16.6. The summed E-state index contributed by atoms with van der Waals surface area (Å²) in [6.07, 6.45) is 0. The summed E-state index contributed by atoms with van der Waals surface area (Å²) in [5.41, 5.74) is 2.53. The lowest BCUT2D eigenvalue weighted by Gasteiger charge is -2.05. The summed E-state index contributed by atoms with van der Waals surface area (Å²) in [5, 5.41) is 13.2. The van der Waals surface area contributed by atoms with E-state index < -0.39 is 0 Å². The molecule has 1 amide bonds. The second-order valence-electron chi connectivity index (χ2n) is 4.16. The molecule has 2 N–H and O–H groups in total. The van der Waals surface area contributed by atoms with Gasteiger partial charge in [0.05, 0.1) is 6.54 Å². The minimum Gasteiger partial charge on any atom is -0.351 e. The Bertz CT molecular complexity index is 524. The van der Waals surface area contributed by atoms with E-state index in [4.69, 9.17) is 0 Å². The number of benzene rings is 1. The summed E-state index contributed by atoms with van der Waals surface area (Å²) in [4.78, 5) is 11.6. The number of carbonyl (C=O) groups excluding carboxylic acids is 1. The first kappa shape index (κ1) is 13.2. The molecule has 2 rings (SSSR count). The van der Waals surface area contributed by atoms with E-state index in [1.807, 2.05) is 37.3 Å². The van der Waals surface area contributed by atoms with Gasteiger partial charge in [0.15, 0.2) is 0 Å². The minimum absolute atomic E-state index is 0.0574. The smallest absolute Gasteiger partial charge is 0.234 e. The van der Waals surface area contributed by atoms with Gasteiger partial charge >= 0.3 is 0 Å². The first-order valence-corrected chi connectivity index (χ1v) is 6.05. The summed E-state index contributed by atoms with van der Waals surface area (Å²) < 4.78 is 4.57. The number of aryl methyl sites for hydroxylation is 1. The van der Waals surface area contributed by atoms with E-state index in [1.54, 1.807) is 0 Å². The highest BCUT2D eigenvalue weighted by molar-refractivity contribution is 5.77. The number of hydrogen-bond acceptors (Lipinski definition) is 5. The van der Waals surface area contributed by atoms with Gasteiger partial charge in [-0.2, -0.15) is 0 Å². The molecule has 0 bridgehead atoms. The number of carbonyl (C=O) groups is 1. The molecule has 1 aromatic carbocycles. The van der Waals surface area contributed by atoms with Crippen molar-refractivity contribution < 1.29 is 9.42 Å². The molecule has 1 heterocycles. The van der Waals surface area contributed by atoms with E-state index in [-0.39, 0.29) is 12.5 Å². The highest BCUT2D eigenvalue weighted by Crippen LogP contribution is 1.99. The maximum atomic E-state index is 11.6. The van der Waals surface area contributed by atoms with E-state index >= 15 is 0 Å². The fraction of sp³-hybridized carbons (Fsp3) is 0.308. The van der Waals surface area contributed by atoms with Gasteiger partial charge < -0.3 is 10.6 Å². The molecule has 0 spiro atoms. The number of rotatable bonds is 6. The Hall–Kier alpha value is -2.21. The van der Waals surface area contributed by atoms with Gasteiger partial charge in [0, 0.05) is 13.1 Å². The fourth-order valence-electron chi connectivity index (χ4n) is 1.56. The van der Waals surface area contributed by atoms with E-state index in [1.165, 1.54) is 0 Å². The van der Waals surface area contributed by atoms with Gasteiger partial charge in [-0.05, 0) is 12.5 Å². The maximum Gasteiger partial charge on any atom is 0.234 e. The molecule has 0 radical (unpaired) electrons. The number of nitrogens with zero attached hydrogens (tertiary/aromatic N) is 2. The molecule has 0 aliphatic heterocycles. The van der Waals surface area contributed by atoms with Crippen molar-refractivity contribution in [2.45, 2.75) is 20.0 Å². The molecule has 19 heavy (non-hydrogen) atoms. The van der Waals surface area contributed by atoms with Crippen molar-refractivity contribution in [1.29, 1.82) is 0 Å². The third-order valence-corrected chi connectivity index (χ3v) is 2.66. The Balaban J connectivity index is 1.66. The van der Waals surface area contributed by atoms with Crippen LogP contribution in [-0.4, -0.2) is 22.8 Å². The number of aromatic nitrogens is 2. The van der Waals surface area contributed by atoms with Crippen molar-refractivity contribution in [3.8, 4) is 0 Å². The molecule has 0 aliphatic carbocycles. The van der Waals surface area contributed by atoms with Crippen LogP contribution in [0.15, 0.2) is 35.0 Å². The normalized spacial score (nSPS) is 10.4. The summed E-state index contributed by atoms with van der Waals surface area (Å²) >= 11 is 0. The van der Waals surface area contributed by atoms with Crippen LogP contribution in [-0.2, 0) is 17.9 Å². The zero-order valence-electron chi connectivity index (χ0n) is 10.7. The maximum absolute atomic E-state index is 11.6. The molecule has 0 atom stereocenters. The van der Waals surface area contributed by atoms with Gasteiger partial charge in [-0.1, -0.05) is 40.6 Å². The molecule has 2 aromatic rings. The zero-order valence-corrected chi connectivity index (χ0v) is 10.7. The standard InChI is InChI=1S/C13H16N4O2/c1-10-12(17-19-16-10)8-14-9-13(18)15-7-11-5-3-2-4-6-11/h2-6,14H,7-9H2,1H3,(H,15,18). The van der Waals surface area contributed by atoms with Crippen molar-refractivity contribution in [3.05, 3.63) is 47.3 Å². The lowest BCUT2D eigenvalue weighted by Crippen LogP contribution is -2.33. The summed E-state index contributed by atoms with van der Waals surface area (Å²) in [5.74, 6) is -0.0574. The van der Waals surface area contributed by atoms with Gasteiger partial charge in [-0.25, -0.2) is 4.63 Å². The van der Waals surface area contributed by atoms with Gasteiger partial charge in [0.2, 0.25) is 5.91 Å². The second kappa shape index (κ2) is 6.65. The lowest BCUT2D eigenvalue weighted by molar-refractivity contribution is -0.120. The second-order valence-corrected chi connectivity index (χ2v) is 4.16. The average molecular weight is 260 g/mol. The van der Waals surface area contributed by atoms with Crippen LogP contribution in [0, 0.1) is 6.92 Å². The third-order valence-electron chi connectivity index (χ3n) is 2.66. The van der Waals surface area contributed by atoms with Gasteiger partial charge in [-0.15, -0.1) is 0 Å². The monoisotopic (exact) mass is 260 g/mol. The van der Waals surface area contributed by atoms with Crippen LogP contribution in [0.2, 0.25) is 0 Å². The first-order valence-electron chi connectivity index (χ1n) is 6.05. The van der Waals surface area contributed by atoms with Crippen LogP contribution >= 0.6 is 0 Å². The number of hydrogen-bond donors (Lipinski definition) is 2. The molecule has 100 valence electrons. The van der Waals surface area contributed by atoms with Crippen LogP contribution in [0.25, 0.3) is 0 Å². The Morgan fingerprint density at radius 3 is 2.68 bits per heavy atom. The zero-order chi connectivity index (χ0) is 13.5. The predicted octanol–water partition coefficient (Wildman–Crippen LogP) is 0.784. The largest absolute Gasteiger partial charge is 0.351 e. The van der Waals surface area contributed by atoms with Crippen molar-refractivity contribution in [2.24, 2.45) is 0 Å². The Kier molecular flexibility index (Phi) is 4.63. The molecule has 6 nitrogen and oxygen atoms in total. The molecule has 0 saturated carbocycles. The molecular formula is C13H16N4O2. The Labute approximate surface area is 111 Å². The van der Waals surface area contributed by atoms with Crippen molar-refractivity contribution in [2.75, 3.05) is 6.54 Å². The summed E-state index contributed by atoms with van der Waals surface area (Å²) in [6.45, 7) is 3.04. The first-order chi connectivity index (χ1) is 9.25. The molecular weight excluding hydrogens is 244 g/mol. The van der Waals surface area contributed by atoms with Crippen LogP contribution in [0.1, 0.15) is 17.0 Å². The van der Waals surface area contributed by atoms with Gasteiger partial charge in [0.1, 0.15) is 11.4 Å². The van der Waals surface area contributed by atoms with E-state index in [9.17, 15) is 4.79 Å². The van der Waals surface area contributed by atoms with E-state index in [0.717, 1.165) is 17.0 Å². The Morgan fingerprint density at radius 2 is 2.00 bits per heavy atom. The van der Waals surface area contributed by atoms with E-state index in [2.05, 4.69) is 25.6 Å². The summed E-state index contributed by atoms with van der Waals surface area (Å²) in [6, 6.07) is 9.78. The van der Waals surface area contributed by atoms with Crippen LogP contribution in [0.3, 0.4) is 0 Å². The average Bonchev–Trinajstić information content (AvgIpc) is 2.83. The van der Waals surface area contributed by atoms with Gasteiger partial charge in [-0.3, -0.25) is 4.79 Å². The van der Waals surface area contributed by atoms with E-state index in [0.29, 0.717) is 13.1 Å². The molecule has 6 heteroatoms. The molecule has 0 fully saturated rings. The highest BCUT2D eigenvalue weighted by Gasteiger charge is 2.05. The molecule has 0 saturated heterocycles. The number of amides is 1. The predicted molar refractivity (Wildman–Crippen MR) is 69.0 cm³/mol. The third kappa shape index (κ3) is 4.18. The summed E-state index contributed by atoms with van der Waals surface area (Å²) in [7, 11) is 0. The fourth-order valence-corrected chi connectivity index (χ4v) is 1.56. The van der Waals surface area contributed by atoms with Crippen LogP contribution < -0.4 is 10.6 Å². The topological polar surface area (TPSA) is 80.1 Å². The molecule has 1 aromatic heterocycles. The molecule has 0 aliphatic rings. The van der Waals surface area contributed by atoms with Gasteiger partial charge in [0.25, 0.3) is 0 Å². The van der Waals surface area contributed by atoms with Crippen molar-refractivity contribution in [1.82, 2.24) is 20.9 Å². The molecule has 0 unspecified atom stereocenters. The SMILES string of the molecule is Cc1nonc1CNCC(=O)NCc1ccccc1. The lowest BCUT2D eigenvalue weighted by atomic mass is 10.2. The quantitative estimate of drug-likeness (QED) is 0.802. The Morgan fingerprint density at radius 1 is 1.21 bits per heavy atom. The van der Waals surface area contributed by atoms with Crippen molar-refractivity contribution >= 4 is 5.91 Å².